The Balaban J connectivity index is 1.63. The minimum absolute atomic E-state index is 0.416. The SMILES string of the molecule is CCNC(=NCc1cc(OC)c(OC)c(OC)c1)NC1CCN(c2cccs2)CC1. The van der Waals surface area contributed by atoms with Crippen molar-refractivity contribution in [3.05, 3.63) is 35.2 Å². The first kappa shape index (κ1) is 22.1. The maximum Gasteiger partial charge on any atom is 0.203 e. The van der Waals surface area contributed by atoms with E-state index in [1.807, 2.05) is 12.1 Å². The van der Waals surface area contributed by atoms with Crippen molar-refractivity contribution in [3.8, 4) is 17.2 Å². The molecule has 7 nitrogen and oxygen atoms in total. The third-order valence-corrected chi connectivity index (χ3v) is 6.07. The standard InChI is InChI=1S/C22H32N4O3S/c1-5-23-22(25-17-8-10-26(11-9-17)20-7-6-12-30-20)24-15-16-13-18(27-2)21(29-4)19(14-16)28-3/h6-7,12-14,17H,5,8-11,15H2,1-4H3,(H2,23,24,25). The molecule has 30 heavy (non-hydrogen) atoms. The van der Waals surface area contributed by atoms with Gasteiger partial charge in [-0.3, -0.25) is 0 Å². The second-order valence-electron chi connectivity index (χ2n) is 7.09. The van der Waals surface area contributed by atoms with Gasteiger partial charge in [-0.05, 0) is 55.0 Å². The topological polar surface area (TPSA) is 67.4 Å². The number of thiophene rings is 1. The van der Waals surface area contributed by atoms with E-state index in [-0.39, 0.29) is 0 Å². The number of benzene rings is 1. The summed E-state index contributed by atoms with van der Waals surface area (Å²) in [4.78, 5) is 7.25. The van der Waals surface area contributed by atoms with Gasteiger partial charge in [0.1, 0.15) is 0 Å². The Morgan fingerprint density at radius 3 is 2.37 bits per heavy atom. The number of guanidine groups is 1. The quantitative estimate of drug-likeness (QED) is 0.492. The molecule has 164 valence electrons. The van der Waals surface area contributed by atoms with Crippen LogP contribution in [-0.2, 0) is 6.54 Å². The average Bonchev–Trinajstić information content (AvgIpc) is 3.32. The number of nitrogens with zero attached hydrogens (tertiary/aromatic N) is 2. The van der Waals surface area contributed by atoms with Gasteiger partial charge in [0.2, 0.25) is 5.75 Å². The van der Waals surface area contributed by atoms with Crippen molar-refractivity contribution < 1.29 is 14.2 Å². The lowest BCUT2D eigenvalue weighted by Gasteiger charge is -2.33. The van der Waals surface area contributed by atoms with Crippen LogP contribution in [-0.4, -0.2) is 53.0 Å². The lowest BCUT2D eigenvalue weighted by atomic mass is 10.1. The monoisotopic (exact) mass is 432 g/mol. The normalized spacial score (nSPS) is 15.1. The summed E-state index contributed by atoms with van der Waals surface area (Å²) in [6.07, 6.45) is 2.18. The van der Waals surface area contributed by atoms with Crippen molar-refractivity contribution in [1.82, 2.24) is 10.6 Å². The van der Waals surface area contributed by atoms with E-state index in [4.69, 9.17) is 19.2 Å². The number of ether oxygens (including phenoxy) is 3. The van der Waals surface area contributed by atoms with Gasteiger partial charge in [-0.25, -0.2) is 4.99 Å². The van der Waals surface area contributed by atoms with Crippen LogP contribution >= 0.6 is 11.3 Å². The van der Waals surface area contributed by atoms with Gasteiger partial charge < -0.3 is 29.7 Å². The largest absolute Gasteiger partial charge is 0.493 e. The molecule has 0 spiro atoms. The third-order valence-electron chi connectivity index (χ3n) is 5.14. The number of methoxy groups -OCH3 is 3. The van der Waals surface area contributed by atoms with Crippen LogP contribution in [0.3, 0.4) is 0 Å². The average molecular weight is 433 g/mol. The molecule has 3 rings (SSSR count). The summed E-state index contributed by atoms with van der Waals surface area (Å²) in [5.41, 5.74) is 0.995. The summed E-state index contributed by atoms with van der Waals surface area (Å²) in [6, 6.07) is 8.60. The fraction of sp³-hybridized carbons (Fsp3) is 0.500. The number of aliphatic imine (C=N–C) groups is 1. The van der Waals surface area contributed by atoms with Crippen LogP contribution in [0.5, 0.6) is 17.2 Å². The molecule has 1 aromatic heterocycles. The molecule has 0 bridgehead atoms. The number of rotatable bonds is 8. The summed E-state index contributed by atoms with van der Waals surface area (Å²) in [6.45, 7) is 5.53. The van der Waals surface area contributed by atoms with Gasteiger partial charge in [-0.15, -0.1) is 11.3 Å². The van der Waals surface area contributed by atoms with Crippen molar-refractivity contribution in [2.24, 2.45) is 4.99 Å². The van der Waals surface area contributed by atoms with Gasteiger partial charge in [0.05, 0.1) is 32.9 Å². The van der Waals surface area contributed by atoms with Gasteiger partial charge in [0.25, 0.3) is 0 Å². The molecule has 2 aromatic rings. The molecule has 8 heteroatoms. The van der Waals surface area contributed by atoms with E-state index in [1.54, 1.807) is 32.7 Å². The molecule has 0 amide bonds. The molecule has 0 unspecified atom stereocenters. The molecule has 0 atom stereocenters. The van der Waals surface area contributed by atoms with Gasteiger partial charge in [0.15, 0.2) is 17.5 Å². The summed E-state index contributed by atoms with van der Waals surface area (Å²) in [5, 5.41) is 10.5. The van der Waals surface area contributed by atoms with Crippen LogP contribution in [0.1, 0.15) is 25.3 Å². The summed E-state index contributed by atoms with van der Waals surface area (Å²) in [7, 11) is 4.85. The van der Waals surface area contributed by atoms with E-state index in [2.05, 4.69) is 40.0 Å². The Labute approximate surface area is 183 Å². The second-order valence-corrected chi connectivity index (χ2v) is 8.01. The predicted octanol–water partition coefficient (Wildman–Crippen LogP) is 3.50. The van der Waals surface area contributed by atoms with E-state index in [1.165, 1.54) is 5.00 Å². The number of piperidine rings is 1. The van der Waals surface area contributed by atoms with Crippen LogP contribution in [0.4, 0.5) is 5.00 Å². The molecule has 1 aliphatic heterocycles. The summed E-state index contributed by atoms with van der Waals surface area (Å²) >= 11 is 1.81. The number of anilines is 1. The third kappa shape index (κ3) is 5.50. The minimum Gasteiger partial charge on any atom is -0.493 e. The lowest BCUT2D eigenvalue weighted by Crippen LogP contribution is -2.48. The van der Waals surface area contributed by atoms with Crippen LogP contribution in [0.2, 0.25) is 0 Å². The molecule has 1 aromatic carbocycles. The first-order valence-electron chi connectivity index (χ1n) is 10.3. The van der Waals surface area contributed by atoms with Crippen LogP contribution < -0.4 is 29.7 Å². The molecular formula is C22H32N4O3S. The molecule has 0 aliphatic carbocycles. The highest BCUT2D eigenvalue weighted by atomic mass is 32.1. The highest BCUT2D eigenvalue weighted by Crippen LogP contribution is 2.38. The lowest BCUT2D eigenvalue weighted by molar-refractivity contribution is 0.324. The van der Waals surface area contributed by atoms with Crippen LogP contribution in [0, 0.1) is 0 Å². The zero-order valence-electron chi connectivity index (χ0n) is 18.2. The fourth-order valence-electron chi connectivity index (χ4n) is 3.60. The van der Waals surface area contributed by atoms with Gasteiger partial charge in [-0.1, -0.05) is 0 Å². The van der Waals surface area contributed by atoms with E-state index in [9.17, 15) is 0 Å². The first-order valence-corrected chi connectivity index (χ1v) is 11.2. The molecule has 1 aliphatic rings. The van der Waals surface area contributed by atoms with Gasteiger partial charge in [0, 0.05) is 25.7 Å². The first-order chi connectivity index (χ1) is 14.7. The zero-order chi connectivity index (χ0) is 21.3. The number of hydrogen-bond donors (Lipinski definition) is 2. The molecule has 2 heterocycles. The maximum atomic E-state index is 5.45. The van der Waals surface area contributed by atoms with Crippen LogP contribution in [0.15, 0.2) is 34.6 Å². The van der Waals surface area contributed by atoms with Crippen LogP contribution in [0.25, 0.3) is 0 Å². The fourth-order valence-corrected chi connectivity index (χ4v) is 4.39. The van der Waals surface area contributed by atoms with E-state index >= 15 is 0 Å². The summed E-state index contributed by atoms with van der Waals surface area (Å²) < 4.78 is 16.3. The van der Waals surface area contributed by atoms with E-state index < -0.39 is 0 Å². The molecule has 2 N–H and O–H groups in total. The number of nitrogens with one attached hydrogen (secondary N) is 2. The molecular weight excluding hydrogens is 400 g/mol. The van der Waals surface area contributed by atoms with Crippen molar-refractivity contribution >= 4 is 22.3 Å². The Morgan fingerprint density at radius 2 is 1.83 bits per heavy atom. The highest BCUT2D eigenvalue weighted by molar-refractivity contribution is 7.14. The van der Waals surface area contributed by atoms with Crippen molar-refractivity contribution in [3.63, 3.8) is 0 Å². The van der Waals surface area contributed by atoms with Crippen molar-refractivity contribution in [2.75, 3.05) is 45.9 Å². The predicted molar refractivity (Wildman–Crippen MR) is 124 cm³/mol. The Morgan fingerprint density at radius 1 is 1.13 bits per heavy atom. The molecule has 1 saturated heterocycles. The molecule has 1 fully saturated rings. The van der Waals surface area contributed by atoms with E-state index in [0.29, 0.717) is 29.8 Å². The molecule has 0 saturated carbocycles. The minimum atomic E-state index is 0.416. The zero-order valence-corrected chi connectivity index (χ0v) is 19.1. The Hall–Kier alpha value is -2.61. The molecule has 0 radical (unpaired) electrons. The maximum absolute atomic E-state index is 5.45. The second kappa shape index (κ2) is 11.0. The number of hydrogen-bond acceptors (Lipinski definition) is 6. The smallest absolute Gasteiger partial charge is 0.203 e. The highest BCUT2D eigenvalue weighted by Gasteiger charge is 2.21. The van der Waals surface area contributed by atoms with Gasteiger partial charge >= 0.3 is 0 Å². The van der Waals surface area contributed by atoms with Gasteiger partial charge in [-0.2, -0.15) is 0 Å². The van der Waals surface area contributed by atoms with E-state index in [0.717, 1.165) is 44.0 Å². The summed E-state index contributed by atoms with van der Waals surface area (Å²) in [5.74, 6) is 2.71. The Kier molecular flexibility index (Phi) is 8.07. The van der Waals surface area contributed by atoms with Crippen molar-refractivity contribution in [1.29, 1.82) is 0 Å². The Bertz CT molecular complexity index is 793. The van der Waals surface area contributed by atoms with Crippen molar-refractivity contribution in [2.45, 2.75) is 32.4 Å².